The minimum absolute atomic E-state index is 0.0166. The van der Waals surface area contributed by atoms with Crippen molar-refractivity contribution in [2.75, 3.05) is 13.6 Å². The van der Waals surface area contributed by atoms with Crippen molar-refractivity contribution in [3.8, 4) is 0 Å². The van der Waals surface area contributed by atoms with E-state index in [9.17, 15) is 13.2 Å². The number of nitrogens with one attached hydrogen (secondary N) is 1. The molecule has 1 N–H and O–H groups in total. The van der Waals surface area contributed by atoms with Crippen LogP contribution in [0.1, 0.15) is 17.5 Å². The van der Waals surface area contributed by atoms with E-state index in [1.165, 1.54) is 11.9 Å². The summed E-state index contributed by atoms with van der Waals surface area (Å²) in [7, 11) is 1.48. The number of rotatable bonds is 8. The predicted octanol–water partition coefficient (Wildman–Crippen LogP) is 4.88. The molecule has 0 fully saturated rings. The molecule has 0 amide bonds. The van der Waals surface area contributed by atoms with Crippen LogP contribution in [0.4, 0.5) is 13.2 Å². The summed E-state index contributed by atoms with van der Waals surface area (Å²) in [6, 6.07) is 15.1. The normalized spacial score (nSPS) is 13.2. The van der Waals surface area contributed by atoms with E-state index in [4.69, 9.17) is 11.6 Å². The molecule has 25 heavy (non-hydrogen) atoms. The van der Waals surface area contributed by atoms with Gasteiger partial charge in [0.05, 0.1) is 0 Å². The number of halogens is 4. The highest BCUT2D eigenvalue weighted by Gasteiger charge is 2.41. The van der Waals surface area contributed by atoms with Crippen LogP contribution in [0.3, 0.4) is 0 Å². The van der Waals surface area contributed by atoms with E-state index in [2.05, 4.69) is 5.32 Å². The van der Waals surface area contributed by atoms with Crippen LogP contribution in [0.25, 0.3) is 0 Å². The lowest BCUT2D eigenvalue weighted by Gasteiger charge is -2.30. The van der Waals surface area contributed by atoms with Gasteiger partial charge in [0.1, 0.15) is 6.04 Å². The Morgan fingerprint density at radius 3 is 2.32 bits per heavy atom. The molecule has 0 aromatic heterocycles. The molecule has 1 unspecified atom stereocenters. The third-order valence-corrected chi connectivity index (χ3v) is 4.42. The van der Waals surface area contributed by atoms with Gasteiger partial charge in [-0.2, -0.15) is 13.2 Å². The van der Waals surface area contributed by atoms with Gasteiger partial charge in [0.15, 0.2) is 0 Å². The predicted molar refractivity (Wildman–Crippen MR) is 95.5 cm³/mol. The van der Waals surface area contributed by atoms with E-state index in [0.29, 0.717) is 17.1 Å². The molecule has 0 spiro atoms. The highest BCUT2D eigenvalue weighted by atomic mass is 35.5. The largest absolute Gasteiger partial charge is 0.404 e. The summed E-state index contributed by atoms with van der Waals surface area (Å²) in [4.78, 5) is 1.31. The van der Waals surface area contributed by atoms with Gasteiger partial charge in [-0.05, 0) is 37.2 Å². The maximum absolute atomic E-state index is 13.4. The average molecular weight is 371 g/mol. The van der Waals surface area contributed by atoms with Gasteiger partial charge in [-0.3, -0.25) is 4.90 Å². The summed E-state index contributed by atoms with van der Waals surface area (Å²) in [5.74, 6) is 0. The lowest BCUT2D eigenvalue weighted by atomic mass is 10.1. The van der Waals surface area contributed by atoms with E-state index >= 15 is 0 Å². The monoisotopic (exact) mass is 370 g/mol. The molecule has 0 saturated heterocycles. The third-order valence-electron chi connectivity index (χ3n) is 4.05. The molecule has 0 aliphatic carbocycles. The number of hydrogen-bond donors (Lipinski definition) is 1. The molecule has 1 atom stereocenters. The van der Waals surface area contributed by atoms with Gasteiger partial charge >= 0.3 is 6.18 Å². The molecular formula is C19H22ClF3N2. The fraction of sp³-hybridized carbons (Fsp3) is 0.368. The highest BCUT2D eigenvalue weighted by molar-refractivity contribution is 6.31. The Hall–Kier alpha value is -1.56. The van der Waals surface area contributed by atoms with Crippen LogP contribution in [0.2, 0.25) is 5.02 Å². The van der Waals surface area contributed by atoms with E-state index in [1.54, 1.807) is 24.3 Å². The van der Waals surface area contributed by atoms with Crippen molar-refractivity contribution in [1.82, 2.24) is 10.2 Å². The second kappa shape index (κ2) is 9.22. The maximum Gasteiger partial charge on any atom is 0.404 e. The Morgan fingerprint density at radius 1 is 1.04 bits per heavy atom. The second-order valence-corrected chi connectivity index (χ2v) is 6.42. The molecule has 2 nitrogen and oxygen atoms in total. The fourth-order valence-corrected chi connectivity index (χ4v) is 2.90. The molecule has 0 bridgehead atoms. The van der Waals surface area contributed by atoms with Gasteiger partial charge < -0.3 is 5.32 Å². The minimum Gasteiger partial charge on any atom is -0.313 e. The van der Waals surface area contributed by atoms with Gasteiger partial charge in [0, 0.05) is 18.1 Å². The van der Waals surface area contributed by atoms with Crippen molar-refractivity contribution >= 4 is 11.6 Å². The Kier molecular flexibility index (Phi) is 7.29. The topological polar surface area (TPSA) is 15.3 Å². The highest BCUT2D eigenvalue weighted by Crippen LogP contribution is 2.28. The molecule has 0 saturated carbocycles. The van der Waals surface area contributed by atoms with Crippen LogP contribution >= 0.6 is 11.6 Å². The molecule has 6 heteroatoms. The van der Waals surface area contributed by atoms with Crippen molar-refractivity contribution < 1.29 is 13.2 Å². The number of nitrogens with zero attached hydrogens (tertiary/aromatic N) is 1. The van der Waals surface area contributed by atoms with E-state index in [0.717, 1.165) is 5.56 Å². The van der Waals surface area contributed by atoms with Crippen molar-refractivity contribution in [1.29, 1.82) is 0 Å². The average Bonchev–Trinajstić information content (AvgIpc) is 2.56. The van der Waals surface area contributed by atoms with Crippen molar-refractivity contribution in [2.45, 2.75) is 31.7 Å². The quantitative estimate of drug-likeness (QED) is 0.666. The molecular weight excluding hydrogens is 349 g/mol. The number of hydrogen-bond acceptors (Lipinski definition) is 2. The van der Waals surface area contributed by atoms with Gasteiger partial charge in [0.25, 0.3) is 0 Å². The first-order chi connectivity index (χ1) is 11.9. The van der Waals surface area contributed by atoms with Crippen LogP contribution in [-0.4, -0.2) is 30.7 Å². The summed E-state index contributed by atoms with van der Waals surface area (Å²) < 4.78 is 40.3. The first-order valence-electron chi connectivity index (χ1n) is 8.13. The second-order valence-electron chi connectivity index (χ2n) is 6.01. The standard InChI is InChI=1S/C19H22ClF3N2/c1-25(14-16-9-5-6-10-17(16)20)18(19(21,22)23)11-12-24-13-15-7-3-2-4-8-15/h2-10,18,24H,11-14H2,1H3. The Bertz CT molecular complexity index is 647. The lowest BCUT2D eigenvalue weighted by Crippen LogP contribution is -2.44. The van der Waals surface area contributed by atoms with Crippen molar-refractivity contribution in [2.24, 2.45) is 0 Å². The van der Waals surface area contributed by atoms with Gasteiger partial charge in [-0.1, -0.05) is 60.1 Å². The molecule has 0 radical (unpaired) electrons. The molecule has 0 aliphatic heterocycles. The summed E-state index contributed by atoms with van der Waals surface area (Å²) in [6.45, 7) is 0.994. The van der Waals surface area contributed by atoms with Crippen LogP contribution < -0.4 is 5.32 Å². The van der Waals surface area contributed by atoms with Gasteiger partial charge in [-0.15, -0.1) is 0 Å². The fourth-order valence-electron chi connectivity index (χ4n) is 2.71. The van der Waals surface area contributed by atoms with E-state index in [1.807, 2.05) is 30.3 Å². The van der Waals surface area contributed by atoms with Crippen LogP contribution in [0.15, 0.2) is 54.6 Å². The Balaban J connectivity index is 1.91. The Morgan fingerprint density at radius 2 is 1.68 bits per heavy atom. The lowest BCUT2D eigenvalue weighted by molar-refractivity contribution is -0.183. The molecule has 0 heterocycles. The van der Waals surface area contributed by atoms with E-state index in [-0.39, 0.29) is 19.5 Å². The zero-order valence-corrected chi connectivity index (χ0v) is 14.8. The van der Waals surface area contributed by atoms with Crippen LogP contribution in [0.5, 0.6) is 0 Å². The summed E-state index contributed by atoms with van der Waals surface area (Å²) in [5.41, 5.74) is 1.74. The summed E-state index contributed by atoms with van der Waals surface area (Å²) >= 11 is 6.06. The molecule has 136 valence electrons. The Labute approximate surface area is 151 Å². The molecule has 0 aliphatic rings. The van der Waals surface area contributed by atoms with Crippen molar-refractivity contribution in [3.63, 3.8) is 0 Å². The minimum atomic E-state index is -4.29. The third kappa shape index (κ3) is 6.34. The zero-order valence-electron chi connectivity index (χ0n) is 14.1. The summed E-state index contributed by atoms with van der Waals surface area (Å²) in [6.07, 6.45) is -4.30. The zero-order chi connectivity index (χ0) is 18.3. The van der Waals surface area contributed by atoms with Crippen molar-refractivity contribution in [3.05, 3.63) is 70.7 Å². The van der Waals surface area contributed by atoms with Crippen LogP contribution in [0, 0.1) is 0 Å². The maximum atomic E-state index is 13.4. The molecule has 2 aromatic carbocycles. The van der Waals surface area contributed by atoms with Gasteiger partial charge in [-0.25, -0.2) is 0 Å². The number of benzene rings is 2. The SMILES string of the molecule is CN(Cc1ccccc1Cl)C(CCNCc1ccccc1)C(F)(F)F. The van der Waals surface area contributed by atoms with Crippen LogP contribution in [-0.2, 0) is 13.1 Å². The smallest absolute Gasteiger partial charge is 0.313 e. The van der Waals surface area contributed by atoms with Gasteiger partial charge in [0.2, 0.25) is 0 Å². The first kappa shape index (κ1) is 19.8. The molecule has 2 aromatic rings. The molecule has 2 rings (SSSR count). The first-order valence-corrected chi connectivity index (χ1v) is 8.50. The number of alkyl halides is 3. The summed E-state index contributed by atoms with van der Waals surface area (Å²) in [5, 5.41) is 3.57. The van der Waals surface area contributed by atoms with E-state index < -0.39 is 12.2 Å².